The van der Waals surface area contributed by atoms with Crippen molar-refractivity contribution in [3.05, 3.63) is 48.5 Å². The summed E-state index contributed by atoms with van der Waals surface area (Å²) in [4.78, 5) is 4.00. The largest absolute Gasteiger partial charge is 0.385 e. The molecule has 2 rings (SSSR count). The Kier molecular flexibility index (Phi) is 3.82. The van der Waals surface area contributed by atoms with Gasteiger partial charge in [0.05, 0.1) is 6.33 Å². The molecule has 0 aliphatic heterocycles. The zero-order valence-electron chi connectivity index (χ0n) is 9.63. The van der Waals surface area contributed by atoms with Gasteiger partial charge in [0.15, 0.2) is 0 Å². The van der Waals surface area contributed by atoms with E-state index in [1.807, 2.05) is 36.8 Å². The molecule has 1 heterocycles. The van der Waals surface area contributed by atoms with Gasteiger partial charge in [-0.25, -0.2) is 4.98 Å². The molecule has 0 amide bonds. The SMILES string of the molecule is C#Cc1cccc(NCCCn2ccnc2)c1. The zero-order chi connectivity index (χ0) is 11.9. The maximum atomic E-state index is 5.35. The summed E-state index contributed by atoms with van der Waals surface area (Å²) in [5, 5.41) is 3.35. The quantitative estimate of drug-likeness (QED) is 0.625. The van der Waals surface area contributed by atoms with E-state index < -0.39 is 0 Å². The van der Waals surface area contributed by atoms with Gasteiger partial charge in [-0.1, -0.05) is 12.0 Å². The van der Waals surface area contributed by atoms with E-state index in [9.17, 15) is 0 Å². The molecule has 0 saturated carbocycles. The van der Waals surface area contributed by atoms with E-state index in [-0.39, 0.29) is 0 Å². The average molecular weight is 225 g/mol. The van der Waals surface area contributed by atoms with Crippen LogP contribution in [0.5, 0.6) is 0 Å². The maximum Gasteiger partial charge on any atom is 0.0945 e. The van der Waals surface area contributed by atoms with Crippen molar-refractivity contribution in [2.45, 2.75) is 13.0 Å². The van der Waals surface area contributed by atoms with Gasteiger partial charge in [-0.15, -0.1) is 6.42 Å². The Balaban J connectivity index is 1.76. The number of aryl methyl sites for hydroxylation is 1. The van der Waals surface area contributed by atoms with Crippen LogP contribution in [0.2, 0.25) is 0 Å². The highest BCUT2D eigenvalue weighted by molar-refractivity contribution is 5.49. The molecule has 0 atom stereocenters. The molecule has 3 nitrogen and oxygen atoms in total. The van der Waals surface area contributed by atoms with Crippen LogP contribution in [0.3, 0.4) is 0 Å². The molecule has 0 fully saturated rings. The van der Waals surface area contributed by atoms with Gasteiger partial charge in [-0.2, -0.15) is 0 Å². The average Bonchev–Trinajstić information content (AvgIpc) is 2.88. The van der Waals surface area contributed by atoms with E-state index >= 15 is 0 Å². The zero-order valence-corrected chi connectivity index (χ0v) is 9.63. The molecule has 3 heteroatoms. The summed E-state index contributed by atoms with van der Waals surface area (Å²) in [5.41, 5.74) is 1.98. The predicted molar refractivity (Wildman–Crippen MR) is 69.7 cm³/mol. The molecule has 0 aliphatic carbocycles. The Bertz CT molecular complexity index is 494. The van der Waals surface area contributed by atoms with Crippen LogP contribution in [0.25, 0.3) is 0 Å². The number of nitrogens with one attached hydrogen (secondary N) is 1. The number of terminal acetylenes is 1. The van der Waals surface area contributed by atoms with Gasteiger partial charge in [-0.05, 0) is 24.6 Å². The van der Waals surface area contributed by atoms with Crippen molar-refractivity contribution in [3.8, 4) is 12.3 Å². The molecule has 0 saturated heterocycles. The number of imidazole rings is 1. The number of anilines is 1. The highest BCUT2D eigenvalue weighted by atomic mass is 15.0. The fourth-order valence-electron chi connectivity index (χ4n) is 1.63. The second kappa shape index (κ2) is 5.76. The summed E-state index contributed by atoms with van der Waals surface area (Å²) in [6.45, 7) is 1.90. The topological polar surface area (TPSA) is 29.9 Å². The molecule has 17 heavy (non-hydrogen) atoms. The van der Waals surface area contributed by atoms with Crippen molar-refractivity contribution in [2.24, 2.45) is 0 Å². The molecule has 2 aromatic rings. The van der Waals surface area contributed by atoms with Gasteiger partial charge in [0.25, 0.3) is 0 Å². The molecule has 1 aromatic heterocycles. The Hall–Kier alpha value is -2.21. The van der Waals surface area contributed by atoms with Crippen molar-refractivity contribution in [1.29, 1.82) is 0 Å². The summed E-state index contributed by atoms with van der Waals surface area (Å²) >= 11 is 0. The third kappa shape index (κ3) is 3.39. The first-order chi connectivity index (χ1) is 8.38. The van der Waals surface area contributed by atoms with Gasteiger partial charge in [-0.3, -0.25) is 0 Å². The minimum Gasteiger partial charge on any atom is -0.385 e. The molecular formula is C14H15N3. The Morgan fingerprint density at radius 3 is 3.12 bits per heavy atom. The number of hydrogen-bond donors (Lipinski definition) is 1. The van der Waals surface area contributed by atoms with E-state index in [2.05, 4.69) is 20.8 Å². The molecule has 0 spiro atoms. The first-order valence-electron chi connectivity index (χ1n) is 5.65. The molecule has 0 unspecified atom stereocenters. The lowest BCUT2D eigenvalue weighted by molar-refractivity contribution is 0.661. The standard InChI is InChI=1S/C14H15N3/c1-2-13-5-3-6-14(11-13)16-7-4-9-17-10-8-15-12-17/h1,3,5-6,8,10-12,16H,4,7,9H2. The first-order valence-corrected chi connectivity index (χ1v) is 5.65. The number of aromatic nitrogens is 2. The van der Waals surface area contributed by atoms with Crippen LogP contribution in [-0.4, -0.2) is 16.1 Å². The second-order valence-electron chi connectivity index (χ2n) is 3.81. The Morgan fingerprint density at radius 2 is 2.35 bits per heavy atom. The van der Waals surface area contributed by atoms with E-state index in [1.165, 1.54) is 0 Å². The summed E-state index contributed by atoms with van der Waals surface area (Å²) in [7, 11) is 0. The fourth-order valence-corrected chi connectivity index (χ4v) is 1.63. The summed E-state index contributed by atoms with van der Waals surface area (Å²) in [6.07, 6.45) is 12.0. The lowest BCUT2D eigenvalue weighted by Gasteiger charge is -2.07. The van der Waals surface area contributed by atoms with Crippen molar-refractivity contribution in [3.63, 3.8) is 0 Å². The Labute approximate surface area is 102 Å². The Morgan fingerprint density at radius 1 is 1.41 bits per heavy atom. The van der Waals surface area contributed by atoms with Crippen LogP contribution in [0.4, 0.5) is 5.69 Å². The fraction of sp³-hybridized carbons (Fsp3) is 0.214. The highest BCUT2D eigenvalue weighted by Crippen LogP contribution is 2.09. The van der Waals surface area contributed by atoms with Crippen molar-refractivity contribution in [1.82, 2.24) is 9.55 Å². The molecule has 86 valence electrons. The van der Waals surface area contributed by atoms with E-state index in [0.717, 1.165) is 30.8 Å². The molecule has 0 radical (unpaired) electrons. The lowest BCUT2D eigenvalue weighted by Crippen LogP contribution is -2.05. The van der Waals surface area contributed by atoms with E-state index in [0.29, 0.717) is 0 Å². The van der Waals surface area contributed by atoms with Crippen LogP contribution in [0, 0.1) is 12.3 Å². The number of nitrogens with zero attached hydrogens (tertiary/aromatic N) is 2. The van der Waals surface area contributed by atoms with Crippen LogP contribution in [0.1, 0.15) is 12.0 Å². The number of rotatable bonds is 5. The number of benzene rings is 1. The highest BCUT2D eigenvalue weighted by Gasteiger charge is 1.94. The van der Waals surface area contributed by atoms with Gasteiger partial charge in [0.2, 0.25) is 0 Å². The normalized spacial score (nSPS) is 9.82. The van der Waals surface area contributed by atoms with Gasteiger partial charge in [0, 0.05) is 36.7 Å². The van der Waals surface area contributed by atoms with Crippen LogP contribution in [-0.2, 0) is 6.54 Å². The third-order valence-corrected chi connectivity index (χ3v) is 2.51. The van der Waals surface area contributed by atoms with E-state index in [1.54, 1.807) is 6.20 Å². The summed E-state index contributed by atoms with van der Waals surface area (Å²) in [5.74, 6) is 2.63. The van der Waals surface area contributed by atoms with Crippen LogP contribution in [0.15, 0.2) is 43.0 Å². The minimum absolute atomic E-state index is 0.907. The van der Waals surface area contributed by atoms with Gasteiger partial charge >= 0.3 is 0 Å². The smallest absolute Gasteiger partial charge is 0.0945 e. The van der Waals surface area contributed by atoms with Crippen LogP contribution >= 0.6 is 0 Å². The minimum atomic E-state index is 0.907. The maximum absolute atomic E-state index is 5.35. The van der Waals surface area contributed by atoms with Crippen molar-refractivity contribution in [2.75, 3.05) is 11.9 Å². The summed E-state index contributed by atoms with van der Waals surface area (Å²) in [6, 6.07) is 7.90. The molecule has 1 aromatic carbocycles. The van der Waals surface area contributed by atoms with Crippen LogP contribution < -0.4 is 5.32 Å². The van der Waals surface area contributed by atoms with Crippen molar-refractivity contribution >= 4 is 5.69 Å². The molecule has 0 aliphatic rings. The first kappa shape index (κ1) is 11.3. The van der Waals surface area contributed by atoms with Gasteiger partial charge < -0.3 is 9.88 Å². The molecular weight excluding hydrogens is 210 g/mol. The molecule has 0 bridgehead atoms. The van der Waals surface area contributed by atoms with Crippen molar-refractivity contribution < 1.29 is 0 Å². The summed E-state index contributed by atoms with van der Waals surface area (Å²) < 4.78 is 2.07. The monoisotopic (exact) mass is 225 g/mol. The lowest BCUT2D eigenvalue weighted by atomic mass is 10.2. The third-order valence-electron chi connectivity index (χ3n) is 2.51. The molecule has 1 N–H and O–H groups in total. The van der Waals surface area contributed by atoms with E-state index in [4.69, 9.17) is 6.42 Å². The predicted octanol–water partition coefficient (Wildman–Crippen LogP) is 2.37. The van der Waals surface area contributed by atoms with Gasteiger partial charge in [0.1, 0.15) is 0 Å². The second-order valence-corrected chi connectivity index (χ2v) is 3.81. The number of hydrogen-bond acceptors (Lipinski definition) is 2.